The molecule has 1 atom stereocenters. The van der Waals surface area contributed by atoms with Crippen molar-refractivity contribution in [2.45, 2.75) is 57.8 Å². The molecule has 1 aromatic carbocycles. The molecule has 3 fully saturated rings. The molecule has 7 nitrogen and oxygen atoms in total. The van der Waals surface area contributed by atoms with E-state index in [1.807, 2.05) is 4.52 Å². The standard InChI is InChI=1S/C29H38N6O/c1-22-19-24(34-18-13-28(2,21-34)23-7-4-3-5-8-23)20-35-26(22)31-25(32-35)9-17-33-16-6-10-29(27(33)36)11-14-30-15-12-29/h3-5,7-8,19-20,30H,6,9-18,21H2,1-2H3/t28-/m0/s1. The zero-order chi connectivity index (χ0) is 24.8. The average molecular weight is 487 g/mol. The number of aryl methyl sites for hydroxylation is 1. The molecule has 3 aliphatic rings. The molecular weight excluding hydrogens is 448 g/mol. The molecule has 0 saturated carbocycles. The maximum absolute atomic E-state index is 13.3. The zero-order valence-electron chi connectivity index (χ0n) is 21.7. The van der Waals surface area contributed by atoms with Crippen molar-refractivity contribution >= 4 is 17.2 Å². The van der Waals surface area contributed by atoms with Crippen molar-refractivity contribution < 1.29 is 4.79 Å². The van der Waals surface area contributed by atoms with E-state index in [1.165, 1.54) is 11.3 Å². The number of nitrogens with one attached hydrogen (secondary N) is 1. The molecule has 3 aromatic rings. The number of amides is 1. The molecule has 1 N–H and O–H groups in total. The van der Waals surface area contributed by atoms with Gasteiger partial charge in [-0.1, -0.05) is 37.3 Å². The van der Waals surface area contributed by atoms with Crippen LogP contribution in [0.25, 0.3) is 5.65 Å². The number of hydrogen-bond donors (Lipinski definition) is 1. The molecule has 2 aromatic heterocycles. The van der Waals surface area contributed by atoms with Gasteiger partial charge in [0.15, 0.2) is 11.5 Å². The summed E-state index contributed by atoms with van der Waals surface area (Å²) in [7, 11) is 0. The summed E-state index contributed by atoms with van der Waals surface area (Å²) in [4.78, 5) is 22.8. The monoisotopic (exact) mass is 486 g/mol. The van der Waals surface area contributed by atoms with Gasteiger partial charge in [-0.15, -0.1) is 0 Å². The first-order valence-electron chi connectivity index (χ1n) is 13.6. The summed E-state index contributed by atoms with van der Waals surface area (Å²) in [5.74, 6) is 1.18. The van der Waals surface area contributed by atoms with Crippen LogP contribution in [0.3, 0.4) is 0 Å². The van der Waals surface area contributed by atoms with Crippen molar-refractivity contribution in [2.75, 3.05) is 44.2 Å². The van der Waals surface area contributed by atoms with Crippen LogP contribution in [0.1, 0.15) is 56.0 Å². The second-order valence-corrected chi connectivity index (χ2v) is 11.5. The van der Waals surface area contributed by atoms with Crippen LogP contribution >= 0.6 is 0 Å². The molecule has 0 aliphatic carbocycles. The van der Waals surface area contributed by atoms with Crippen molar-refractivity contribution in [1.29, 1.82) is 0 Å². The minimum absolute atomic E-state index is 0.134. The van der Waals surface area contributed by atoms with E-state index in [2.05, 4.69) is 71.6 Å². The second kappa shape index (κ2) is 9.18. The highest BCUT2D eigenvalue weighted by Gasteiger charge is 2.44. The quantitative estimate of drug-likeness (QED) is 0.595. The van der Waals surface area contributed by atoms with Crippen LogP contribution in [-0.2, 0) is 16.6 Å². The van der Waals surface area contributed by atoms with Gasteiger partial charge in [-0.3, -0.25) is 4.79 Å². The fourth-order valence-electron chi connectivity index (χ4n) is 6.68. The highest BCUT2D eigenvalue weighted by atomic mass is 16.2. The van der Waals surface area contributed by atoms with Crippen LogP contribution in [0.5, 0.6) is 0 Å². The Morgan fingerprint density at radius 1 is 1.06 bits per heavy atom. The lowest BCUT2D eigenvalue weighted by atomic mass is 9.72. The summed E-state index contributed by atoms with van der Waals surface area (Å²) >= 11 is 0. The van der Waals surface area contributed by atoms with E-state index in [1.54, 1.807) is 0 Å². The molecule has 0 unspecified atom stereocenters. The molecule has 36 heavy (non-hydrogen) atoms. The van der Waals surface area contributed by atoms with E-state index in [0.29, 0.717) is 18.9 Å². The fraction of sp³-hybridized carbons (Fsp3) is 0.552. The van der Waals surface area contributed by atoms with Crippen molar-refractivity contribution in [3.8, 4) is 0 Å². The second-order valence-electron chi connectivity index (χ2n) is 11.5. The maximum Gasteiger partial charge on any atom is 0.228 e. The Balaban J connectivity index is 1.16. The predicted octanol–water partition coefficient (Wildman–Crippen LogP) is 3.74. The Kier molecular flexibility index (Phi) is 5.98. The fourth-order valence-corrected chi connectivity index (χ4v) is 6.68. The normalized spacial score (nSPS) is 24.2. The van der Waals surface area contributed by atoms with Crippen LogP contribution in [0.4, 0.5) is 5.69 Å². The molecule has 1 spiro atoms. The number of piperidine rings is 2. The van der Waals surface area contributed by atoms with Gasteiger partial charge in [-0.2, -0.15) is 5.10 Å². The van der Waals surface area contributed by atoms with Crippen molar-refractivity contribution in [3.63, 3.8) is 0 Å². The van der Waals surface area contributed by atoms with E-state index in [-0.39, 0.29) is 10.8 Å². The van der Waals surface area contributed by atoms with Crippen LogP contribution in [0.15, 0.2) is 42.6 Å². The molecule has 5 heterocycles. The molecule has 3 aliphatic heterocycles. The van der Waals surface area contributed by atoms with Crippen LogP contribution in [0, 0.1) is 12.3 Å². The number of anilines is 1. The van der Waals surface area contributed by atoms with Crippen LogP contribution < -0.4 is 10.2 Å². The first kappa shape index (κ1) is 23.5. The van der Waals surface area contributed by atoms with E-state index in [0.717, 1.165) is 81.9 Å². The van der Waals surface area contributed by atoms with Gasteiger partial charge in [0, 0.05) is 38.0 Å². The van der Waals surface area contributed by atoms with Gasteiger partial charge < -0.3 is 15.1 Å². The summed E-state index contributed by atoms with van der Waals surface area (Å²) in [5.41, 5.74) is 4.69. The first-order valence-corrected chi connectivity index (χ1v) is 13.6. The topological polar surface area (TPSA) is 65.8 Å². The Bertz CT molecular complexity index is 1240. The minimum Gasteiger partial charge on any atom is -0.369 e. The van der Waals surface area contributed by atoms with Gasteiger partial charge >= 0.3 is 0 Å². The smallest absolute Gasteiger partial charge is 0.228 e. The van der Waals surface area contributed by atoms with Gasteiger partial charge in [-0.05, 0) is 69.3 Å². The Morgan fingerprint density at radius 2 is 1.86 bits per heavy atom. The minimum atomic E-state index is -0.134. The van der Waals surface area contributed by atoms with Gasteiger partial charge in [0.05, 0.1) is 17.3 Å². The molecule has 6 rings (SSSR count). The molecule has 1 amide bonds. The average Bonchev–Trinajstić information content (AvgIpc) is 3.51. The number of nitrogens with zero attached hydrogens (tertiary/aromatic N) is 5. The largest absolute Gasteiger partial charge is 0.369 e. The Morgan fingerprint density at radius 3 is 2.67 bits per heavy atom. The maximum atomic E-state index is 13.3. The highest BCUT2D eigenvalue weighted by molar-refractivity contribution is 5.83. The van der Waals surface area contributed by atoms with Gasteiger partial charge in [0.25, 0.3) is 0 Å². The third kappa shape index (κ3) is 4.17. The number of aromatic nitrogens is 3. The lowest BCUT2D eigenvalue weighted by Crippen LogP contribution is -2.53. The highest BCUT2D eigenvalue weighted by Crippen LogP contribution is 2.39. The summed E-state index contributed by atoms with van der Waals surface area (Å²) in [6.07, 6.45) is 8.05. The summed E-state index contributed by atoms with van der Waals surface area (Å²) in [6.45, 7) is 10.0. The third-order valence-corrected chi connectivity index (χ3v) is 8.95. The van der Waals surface area contributed by atoms with Crippen molar-refractivity contribution in [3.05, 3.63) is 59.5 Å². The number of hydrogen-bond acceptors (Lipinski definition) is 5. The number of carbonyl (C=O) groups excluding carboxylic acids is 1. The number of rotatable bonds is 5. The summed E-state index contributed by atoms with van der Waals surface area (Å²) in [6, 6.07) is 13.1. The zero-order valence-corrected chi connectivity index (χ0v) is 21.7. The van der Waals surface area contributed by atoms with E-state index >= 15 is 0 Å². The predicted molar refractivity (Wildman–Crippen MR) is 142 cm³/mol. The lowest BCUT2D eigenvalue weighted by molar-refractivity contribution is -0.148. The summed E-state index contributed by atoms with van der Waals surface area (Å²) < 4.78 is 1.95. The number of fused-ring (bicyclic) bond motifs is 1. The van der Waals surface area contributed by atoms with Crippen LogP contribution in [-0.4, -0.2) is 64.7 Å². The molecule has 190 valence electrons. The van der Waals surface area contributed by atoms with Crippen LogP contribution in [0.2, 0.25) is 0 Å². The van der Waals surface area contributed by atoms with Crippen molar-refractivity contribution in [1.82, 2.24) is 24.8 Å². The Hall–Kier alpha value is -2.93. The molecule has 0 radical (unpaired) electrons. The van der Waals surface area contributed by atoms with E-state index in [4.69, 9.17) is 10.1 Å². The first-order chi connectivity index (χ1) is 17.5. The van der Waals surface area contributed by atoms with Crippen molar-refractivity contribution in [2.24, 2.45) is 5.41 Å². The third-order valence-electron chi connectivity index (χ3n) is 8.95. The number of likely N-dealkylation sites (tertiary alicyclic amines) is 1. The molecule has 0 bridgehead atoms. The van der Waals surface area contributed by atoms with Gasteiger partial charge in [0.1, 0.15) is 0 Å². The lowest BCUT2D eigenvalue weighted by Gasteiger charge is -2.44. The molecule has 3 saturated heterocycles. The van der Waals surface area contributed by atoms with E-state index < -0.39 is 0 Å². The number of carbonyl (C=O) groups is 1. The van der Waals surface area contributed by atoms with Gasteiger partial charge in [0.2, 0.25) is 5.91 Å². The van der Waals surface area contributed by atoms with E-state index in [9.17, 15) is 4.79 Å². The molecule has 7 heteroatoms. The molecular formula is C29H38N6O. The Labute approximate surface area is 213 Å². The summed E-state index contributed by atoms with van der Waals surface area (Å²) in [5, 5.41) is 8.25. The van der Waals surface area contributed by atoms with Gasteiger partial charge in [-0.25, -0.2) is 9.50 Å². The number of benzene rings is 1. The number of pyridine rings is 1. The SMILES string of the molecule is Cc1cc(N2CC[C@](C)(c3ccccc3)C2)cn2nc(CCN3CCCC4(CCNCC4)C3=O)nc12.